The number of nitro groups is 1. The molecule has 2 amide bonds. The van der Waals surface area contributed by atoms with E-state index < -0.39 is 34.9 Å². The molecule has 0 radical (unpaired) electrons. The van der Waals surface area contributed by atoms with Crippen molar-refractivity contribution in [2.45, 2.75) is 31.9 Å². The quantitative estimate of drug-likeness (QED) is 0.148. The molecule has 0 fully saturated rings. The minimum Gasteiger partial charge on any atom is -0.479 e. The molecule has 11 nitrogen and oxygen atoms in total. The van der Waals surface area contributed by atoms with E-state index in [0.29, 0.717) is 16.3 Å². The topological polar surface area (TPSA) is 171 Å². The summed E-state index contributed by atoms with van der Waals surface area (Å²) in [5.41, 5.74) is 7.95. The van der Waals surface area contributed by atoms with Crippen LogP contribution >= 0.6 is 11.6 Å². The van der Waals surface area contributed by atoms with Crippen LogP contribution in [0.3, 0.4) is 0 Å². The van der Waals surface area contributed by atoms with Gasteiger partial charge in [0.15, 0.2) is 6.10 Å². The van der Waals surface area contributed by atoms with Gasteiger partial charge in [0.05, 0.1) is 10.6 Å². The van der Waals surface area contributed by atoms with Crippen molar-refractivity contribution in [2.24, 2.45) is 0 Å². The summed E-state index contributed by atoms with van der Waals surface area (Å²) in [5, 5.41) is 32.9. The molecule has 3 aromatic rings. The molecule has 2 atom stereocenters. The van der Waals surface area contributed by atoms with Gasteiger partial charge in [-0.2, -0.15) is 0 Å². The van der Waals surface area contributed by atoms with E-state index in [2.05, 4.69) is 16.2 Å². The van der Waals surface area contributed by atoms with E-state index in [1.165, 1.54) is 18.2 Å². The number of carbonyl (C=O) groups excluding carboxylic acids is 2. The van der Waals surface area contributed by atoms with Crippen LogP contribution in [0.1, 0.15) is 17.5 Å². The highest BCUT2D eigenvalue weighted by Crippen LogP contribution is 2.24. The maximum Gasteiger partial charge on any atom is 0.332 e. The molecule has 5 N–H and O–H groups in total. The predicted octanol–water partition coefficient (Wildman–Crippen LogP) is 3.23. The number of hydrazine groups is 1. The normalized spacial score (nSPS) is 12.2. The number of aliphatic carboxylic acids is 1. The predicted molar refractivity (Wildman–Crippen MR) is 140 cm³/mol. The molecule has 0 aliphatic rings. The number of hydrogen-bond donors (Lipinski definition) is 5. The molecule has 3 rings (SSSR count). The van der Waals surface area contributed by atoms with Crippen LogP contribution in [-0.4, -0.2) is 45.1 Å². The average molecular weight is 541 g/mol. The van der Waals surface area contributed by atoms with E-state index in [0.717, 1.165) is 16.7 Å². The molecule has 3 aromatic carbocycles. The maximum absolute atomic E-state index is 12.5. The number of nitrogens with zero attached hydrogens (tertiary/aromatic N) is 1. The SMILES string of the molecule is Cc1cc([N+](=O)[O-])ccc1NNC(=O)C(=O)N[C@H](Cc1ccc(-c2cccc(Cl)c2)cc1)C[C@@H](O)C(=O)O. The van der Waals surface area contributed by atoms with Gasteiger partial charge in [-0.15, -0.1) is 0 Å². The van der Waals surface area contributed by atoms with Crippen LogP contribution in [0.15, 0.2) is 66.7 Å². The average Bonchev–Trinajstić information content (AvgIpc) is 2.87. The van der Waals surface area contributed by atoms with E-state index in [4.69, 9.17) is 16.7 Å². The Morgan fingerprint density at radius 1 is 1.00 bits per heavy atom. The van der Waals surface area contributed by atoms with Gasteiger partial charge in [0.2, 0.25) is 0 Å². The largest absolute Gasteiger partial charge is 0.479 e. The van der Waals surface area contributed by atoms with Gasteiger partial charge in [0, 0.05) is 29.6 Å². The van der Waals surface area contributed by atoms with E-state index in [1.54, 1.807) is 25.1 Å². The van der Waals surface area contributed by atoms with Gasteiger partial charge in [-0.05, 0) is 53.8 Å². The van der Waals surface area contributed by atoms with Crippen LogP contribution in [0.4, 0.5) is 11.4 Å². The second-order valence-corrected chi connectivity index (χ2v) is 8.94. The number of halogens is 1. The van der Waals surface area contributed by atoms with Crippen molar-refractivity contribution in [1.29, 1.82) is 0 Å². The molecular formula is C26H25ClN4O7. The summed E-state index contributed by atoms with van der Waals surface area (Å²) in [4.78, 5) is 46.4. The summed E-state index contributed by atoms with van der Waals surface area (Å²) >= 11 is 6.05. The number of non-ortho nitro benzene ring substituents is 1. The first-order chi connectivity index (χ1) is 18.0. The van der Waals surface area contributed by atoms with Gasteiger partial charge in [-0.3, -0.25) is 30.6 Å². The third-order valence-electron chi connectivity index (χ3n) is 5.66. The van der Waals surface area contributed by atoms with Crippen molar-refractivity contribution in [3.63, 3.8) is 0 Å². The second kappa shape index (κ2) is 12.7. The highest BCUT2D eigenvalue weighted by atomic mass is 35.5. The maximum atomic E-state index is 12.5. The first-order valence-electron chi connectivity index (χ1n) is 11.4. The zero-order valence-electron chi connectivity index (χ0n) is 20.2. The minimum atomic E-state index is -1.75. The van der Waals surface area contributed by atoms with Gasteiger partial charge in [0.1, 0.15) is 0 Å². The molecule has 0 aliphatic heterocycles. The number of amides is 2. The minimum absolute atomic E-state index is 0.127. The lowest BCUT2D eigenvalue weighted by Crippen LogP contribution is -2.48. The fourth-order valence-corrected chi connectivity index (χ4v) is 3.87. The van der Waals surface area contributed by atoms with E-state index in [1.807, 2.05) is 30.3 Å². The lowest BCUT2D eigenvalue weighted by atomic mass is 9.98. The summed E-state index contributed by atoms with van der Waals surface area (Å²) in [6, 6.07) is 17.6. The van der Waals surface area contributed by atoms with E-state index in [9.17, 15) is 29.6 Å². The molecule has 0 saturated heterocycles. The number of aryl methyl sites for hydroxylation is 1. The third-order valence-corrected chi connectivity index (χ3v) is 5.89. The van der Waals surface area contributed by atoms with Crippen LogP contribution in [0, 0.1) is 17.0 Å². The molecule has 0 unspecified atom stereocenters. The van der Waals surface area contributed by atoms with Crippen LogP contribution in [0.25, 0.3) is 11.1 Å². The van der Waals surface area contributed by atoms with Gasteiger partial charge >= 0.3 is 17.8 Å². The summed E-state index contributed by atoms with van der Waals surface area (Å²) in [6.45, 7) is 1.59. The molecule has 0 saturated carbocycles. The van der Waals surface area contributed by atoms with Crippen molar-refractivity contribution < 1.29 is 29.5 Å². The zero-order chi connectivity index (χ0) is 27.8. The number of anilines is 1. The standard InChI is InChI=1S/C26H25ClN4O7/c1-15-11-21(31(37)38)9-10-22(15)29-30-25(34)24(33)28-20(14-23(32)26(35)36)12-16-5-7-17(8-6-16)18-3-2-4-19(27)13-18/h2-11,13,20,23,29,32H,12,14H2,1H3,(H,28,33)(H,30,34)(H,35,36)/t20-,23-/m1/s1. The molecule has 0 aliphatic carbocycles. The van der Waals surface area contributed by atoms with Gasteiger partial charge in [0.25, 0.3) is 5.69 Å². The Morgan fingerprint density at radius 3 is 2.32 bits per heavy atom. The van der Waals surface area contributed by atoms with Crippen molar-refractivity contribution in [1.82, 2.24) is 10.7 Å². The number of carboxylic acid groups (broad SMARTS) is 1. The number of hydrogen-bond acceptors (Lipinski definition) is 7. The third kappa shape index (κ3) is 7.76. The van der Waals surface area contributed by atoms with Gasteiger partial charge in [-0.25, -0.2) is 4.79 Å². The number of aliphatic hydroxyl groups is 1. The van der Waals surface area contributed by atoms with Crippen LogP contribution < -0.4 is 16.2 Å². The first-order valence-corrected chi connectivity index (χ1v) is 11.8. The Kier molecular flexibility index (Phi) is 9.36. The molecule has 0 heterocycles. The van der Waals surface area contributed by atoms with Gasteiger partial charge in [-0.1, -0.05) is 48.0 Å². The van der Waals surface area contributed by atoms with Crippen LogP contribution in [0.5, 0.6) is 0 Å². The number of rotatable bonds is 10. The number of carboxylic acids is 1. The van der Waals surface area contributed by atoms with Crippen LogP contribution in [-0.2, 0) is 20.8 Å². The van der Waals surface area contributed by atoms with Gasteiger partial charge < -0.3 is 15.5 Å². The molecule has 0 spiro atoms. The summed E-state index contributed by atoms with van der Waals surface area (Å²) in [5.74, 6) is -3.59. The fourth-order valence-electron chi connectivity index (χ4n) is 3.68. The Bertz CT molecular complexity index is 1350. The highest BCUT2D eigenvalue weighted by molar-refractivity contribution is 6.35. The summed E-state index contributed by atoms with van der Waals surface area (Å²) in [6.07, 6.45) is -1.94. The van der Waals surface area contributed by atoms with Crippen molar-refractivity contribution in [3.05, 3.63) is 93.0 Å². The number of nitrogens with one attached hydrogen (secondary N) is 3. The van der Waals surface area contributed by atoms with Crippen molar-refractivity contribution in [2.75, 3.05) is 5.43 Å². The second-order valence-electron chi connectivity index (χ2n) is 8.51. The first kappa shape index (κ1) is 28.1. The molecule has 12 heteroatoms. The number of benzene rings is 3. The smallest absolute Gasteiger partial charge is 0.332 e. The Hall–Kier alpha value is -4.48. The van der Waals surface area contributed by atoms with Crippen molar-refractivity contribution >= 4 is 40.8 Å². The monoisotopic (exact) mass is 540 g/mol. The number of nitro benzene ring substituents is 1. The Labute approximate surface area is 222 Å². The molecule has 0 bridgehead atoms. The number of carbonyl (C=O) groups is 3. The molecule has 198 valence electrons. The summed E-state index contributed by atoms with van der Waals surface area (Å²) < 4.78 is 0. The molecule has 38 heavy (non-hydrogen) atoms. The molecular weight excluding hydrogens is 516 g/mol. The number of aliphatic hydroxyl groups excluding tert-OH is 1. The highest BCUT2D eigenvalue weighted by Gasteiger charge is 2.24. The fraction of sp³-hybridized carbons (Fsp3) is 0.192. The lowest BCUT2D eigenvalue weighted by Gasteiger charge is -2.20. The Morgan fingerprint density at radius 2 is 1.71 bits per heavy atom. The zero-order valence-corrected chi connectivity index (χ0v) is 20.9. The van der Waals surface area contributed by atoms with Crippen LogP contribution in [0.2, 0.25) is 5.02 Å². The van der Waals surface area contributed by atoms with E-state index >= 15 is 0 Å². The Balaban J connectivity index is 1.66. The van der Waals surface area contributed by atoms with E-state index in [-0.39, 0.29) is 18.5 Å². The van der Waals surface area contributed by atoms with Crippen molar-refractivity contribution in [3.8, 4) is 11.1 Å². The summed E-state index contributed by atoms with van der Waals surface area (Å²) in [7, 11) is 0. The lowest BCUT2D eigenvalue weighted by molar-refractivity contribution is -0.384. The molecule has 0 aromatic heterocycles.